The van der Waals surface area contributed by atoms with Crippen LogP contribution in [0.15, 0.2) is 60.4 Å². The zero-order valence-electron chi connectivity index (χ0n) is 16.6. The summed E-state index contributed by atoms with van der Waals surface area (Å²) < 4.78 is 2.11. The van der Waals surface area contributed by atoms with Crippen LogP contribution in [0.2, 0.25) is 5.02 Å². The first-order chi connectivity index (χ1) is 15.3. The second-order valence-electron chi connectivity index (χ2n) is 7.78. The third kappa shape index (κ3) is 3.25. The predicted octanol–water partition coefficient (Wildman–Crippen LogP) is 5.44. The molecule has 1 fully saturated rings. The number of thiophene rings is 1. The molecule has 0 saturated carbocycles. The molecule has 5 aromatic rings. The molecule has 6 nitrogen and oxygen atoms in total. The molecule has 154 valence electrons. The number of rotatable bonds is 3. The quantitative estimate of drug-likeness (QED) is 0.369. The van der Waals surface area contributed by atoms with E-state index in [0.29, 0.717) is 5.92 Å². The number of hydrogen-bond acceptors (Lipinski definition) is 6. The van der Waals surface area contributed by atoms with Crippen molar-refractivity contribution in [1.82, 2.24) is 24.6 Å². The maximum atomic E-state index is 6.10. The van der Waals surface area contributed by atoms with Crippen LogP contribution in [-0.4, -0.2) is 37.7 Å². The first-order valence-corrected chi connectivity index (χ1v) is 11.6. The van der Waals surface area contributed by atoms with Crippen LogP contribution in [0.3, 0.4) is 0 Å². The lowest BCUT2D eigenvalue weighted by Gasteiger charge is -2.32. The lowest BCUT2D eigenvalue weighted by molar-refractivity contribution is 0.481. The Labute approximate surface area is 188 Å². The summed E-state index contributed by atoms with van der Waals surface area (Å²) in [6.45, 7) is 1.85. The number of nitrogens with zero attached hydrogens (tertiary/aromatic N) is 6. The van der Waals surface area contributed by atoms with Crippen molar-refractivity contribution in [2.24, 2.45) is 0 Å². The minimum atomic E-state index is 0.393. The molecule has 1 aliphatic heterocycles. The van der Waals surface area contributed by atoms with Gasteiger partial charge in [-0.15, -0.1) is 21.5 Å². The molecule has 0 atom stereocenters. The molecule has 1 saturated heterocycles. The number of pyridine rings is 1. The summed E-state index contributed by atoms with van der Waals surface area (Å²) in [5.41, 5.74) is 3.21. The number of fused-ring (bicyclic) bond motifs is 2. The summed E-state index contributed by atoms with van der Waals surface area (Å²) >= 11 is 7.75. The fourth-order valence-corrected chi connectivity index (χ4v) is 5.47. The van der Waals surface area contributed by atoms with E-state index in [1.807, 2.05) is 30.3 Å². The maximum Gasteiger partial charge on any atom is 0.160 e. The van der Waals surface area contributed by atoms with E-state index in [2.05, 4.69) is 48.2 Å². The second kappa shape index (κ2) is 7.59. The van der Waals surface area contributed by atoms with E-state index in [0.717, 1.165) is 69.6 Å². The van der Waals surface area contributed by atoms with Gasteiger partial charge in [0.25, 0.3) is 0 Å². The Morgan fingerprint density at radius 3 is 2.65 bits per heavy atom. The Kier molecular flexibility index (Phi) is 4.58. The van der Waals surface area contributed by atoms with Crippen LogP contribution in [0.1, 0.15) is 24.6 Å². The summed E-state index contributed by atoms with van der Waals surface area (Å²) in [7, 11) is 0. The van der Waals surface area contributed by atoms with E-state index >= 15 is 0 Å². The Morgan fingerprint density at radius 2 is 1.81 bits per heavy atom. The molecule has 6 rings (SSSR count). The van der Waals surface area contributed by atoms with Crippen LogP contribution in [0.25, 0.3) is 27.0 Å². The molecule has 8 heteroatoms. The van der Waals surface area contributed by atoms with Gasteiger partial charge in [-0.1, -0.05) is 29.8 Å². The molecule has 0 N–H and O–H groups in total. The molecular formula is C23H19ClN6S. The molecule has 0 spiro atoms. The van der Waals surface area contributed by atoms with Crippen molar-refractivity contribution >= 4 is 44.6 Å². The van der Waals surface area contributed by atoms with Gasteiger partial charge in [0.15, 0.2) is 5.65 Å². The van der Waals surface area contributed by atoms with Crippen LogP contribution in [0, 0.1) is 0 Å². The van der Waals surface area contributed by atoms with E-state index in [9.17, 15) is 0 Å². The number of halogens is 1. The molecule has 1 aromatic carbocycles. The monoisotopic (exact) mass is 446 g/mol. The van der Waals surface area contributed by atoms with Gasteiger partial charge in [0.05, 0.1) is 5.39 Å². The van der Waals surface area contributed by atoms with Gasteiger partial charge in [0.2, 0.25) is 0 Å². The van der Waals surface area contributed by atoms with Gasteiger partial charge in [-0.05, 0) is 42.7 Å². The normalized spacial score (nSPS) is 15.2. The van der Waals surface area contributed by atoms with Crippen molar-refractivity contribution in [3.8, 4) is 11.1 Å². The van der Waals surface area contributed by atoms with Gasteiger partial charge in [-0.25, -0.2) is 9.97 Å². The first kappa shape index (κ1) is 18.7. The summed E-state index contributed by atoms with van der Waals surface area (Å²) in [6.07, 6.45) is 5.76. The van der Waals surface area contributed by atoms with Crippen molar-refractivity contribution in [1.29, 1.82) is 0 Å². The Morgan fingerprint density at radius 1 is 0.968 bits per heavy atom. The van der Waals surface area contributed by atoms with Crippen molar-refractivity contribution in [3.05, 3.63) is 71.2 Å². The number of piperidine rings is 1. The molecule has 5 heterocycles. The summed E-state index contributed by atoms with van der Waals surface area (Å²) in [6, 6.07) is 14.0. The Hall–Kier alpha value is -3.03. The highest BCUT2D eigenvalue weighted by Crippen LogP contribution is 2.39. The summed E-state index contributed by atoms with van der Waals surface area (Å²) in [4.78, 5) is 12.6. The number of aromatic nitrogens is 5. The molecule has 0 bridgehead atoms. The van der Waals surface area contributed by atoms with Crippen LogP contribution >= 0.6 is 22.9 Å². The topological polar surface area (TPSA) is 59.2 Å². The van der Waals surface area contributed by atoms with E-state index in [-0.39, 0.29) is 0 Å². The van der Waals surface area contributed by atoms with E-state index in [1.165, 1.54) is 0 Å². The lowest BCUT2D eigenvalue weighted by atomic mass is 9.95. The molecular weight excluding hydrogens is 428 g/mol. The average molecular weight is 447 g/mol. The van der Waals surface area contributed by atoms with Crippen LogP contribution in [0.4, 0.5) is 5.82 Å². The summed E-state index contributed by atoms with van der Waals surface area (Å²) in [5.74, 6) is 2.46. The van der Waals surface area contributed by atoms with Gasteiger partial charge < -0.3 is 4.90 Å². The zero-order chi connectivity index (χ0) is 20.8. The number of benzene rings is 1. The molecule has 4 aromatic heterocycles. The summed E-state index contributed by atoms with van der Waals surface area (Å²) in [5, 5.41) is 12.8. The minimum Gasteiger partial charge on any atom is -0.356 e. The molecule has 0 radical (unpaired) electrons. The van der Waals surface area contributed by atoms with E-state index in [4.69, 9.17) is 16.6 Å². The largest absolute Gasteiger partial charge is 0.356 e. The van der Waals surface area contributed by atoms with Gasteiger partial charge in [0.1, 0.15) is 22.8 Å². The number of hydrogen-bond donors (Lipinski definition) is 0. The van der Waals surface area contributed by atoms with E-state index in [1.54, 1.807) is 17.7 Å². The highest BCUT2D eigenvalue weighted by Gasteiger charge is 2.27. The van der Waals surface area contributed by atoms with Crippen molar-refractivity contribution in [2.45, 2.75) is 18.8 Å². The Balaban J connectivity index is 1.31. The number of anilines is 1. The SMILES string of the molecule is Clc1ccc(-c2csc3ncnc(N4CCC(c5nnc6ccccn56)CC4)c23)cc1. The van der Waals surface area contributed by atoms with E-state index < -0.39 is 0 Å². The molecule has 0 unspecified atom stereocenters. The van der Waals surface area contributed by atoms with Gasteiger partial charge >= 0.3 is 0 Å². The predicted molar refractivity (Wildman–Crippen MR) is 125 cm³/mol. The zero-order valence-corrected chi connectivity index (χ0v) is 18.2. The van der Waals surface area contributed by atoms with Crippen molar-refractivity contribution < 1.29 is 0 Å². The first-order valence-electron chi connectivity index (χ1n) is 10.3. The lowest BCUT2D eigenvalue weighted by Crippen LogP contribution is -2.34. The Bertz CT molecular complexity index is 1370. The van der Waals surface area contributed by atoms with Gasteiger partial charge in [-0.3, -0.25) is 4.40 Å². The highest BCUT2D eigenvalue weighted by molar-refractivity contribution is 7.17. The standard InChI is InChI=1S/C23H19ClN6S/c24-17-6-4-15(5-7-17)18-13-31-23-20(18)22(25-14-26-23)29-11-8-16(9-12-29)21-28-27-19-3-1-2-10-30(19)21/h1-7,10,13-14,16H,8-9,11-12H2. The minimum absolute atomic E-state index is 0.393. The third-order valence-corrected chi connectivity index (χ3v) is 7.14. The van der Waals surface area contributed by atoms with Crippen molar-refractivity contribution in [3.63, 3.8) is 0 Å². The fourth-order valence-electron chi connectivity index (χ4n) is 4.43. The van der Waals surface area contributed by atoms with Crippen LogP contribution in [0.5, 0.6) is 0 Å². The van der Waals surface area contributed by atoms with Crippen LogP contribution < -0.4 is 4.90 Å². The van der Waals surface area contributed by atoms with Gasteiger partial charge in [0, 0.05) is 41.2 Å². The second-order valence-corrected chi connectivity index (χ2v) is 9.08. The molecule has 0 aliphatic carbocycles. The maximum absolute atomic E-state index is 6.10. The third-order valence-electron chi connectivity index (χ3n) is 6.01. The fraction of sp³-hybridized carbons (Fsp3) is 0.217. The average Bonchev–Trinajstić information content (AvgIpc) is 3.44. The molecule has 31 heavy (non-hydrogen) atoms. The molecule has 1 aliphatic rings. The van der Waals surface area contributed by atoms with Gasteiger partial charge in [-0.2, -0.15) is 0 Å². The van der Waals surface area contributed by atoms with Crippen LogP contribution in [-0.2, 0) is 0 Å². The molecule has 0 amide bonds. The van der Waals surface area contributed by atoms with Crippen molar-refractivity contribution in [2.75, 3.05) is 18.0 Å². The smallest absolute Gasteiger partial charge is 0.160 e. The highest BCUT2D eigenvalue weighted by atomic mass is 35.5.